The summed E-state index contributed by atoms with van der Waals surface area (Å²) in [5.74, 6) is 0.269. The van der Waals surface area contributed by atoms with Gasteiger partial charge in [0.15, 0.2) is 0 Å². The van der Waals surface area contributed by atoms with Gasteiger partial charge in [-0.3, -0.25) is 10.00 Å². The van der Waals surface area contributed by atoms with Crippen molar-refractivity contribution in [2.45, 2.75) is 65.0 Å². The minimum Gasteiger partial charge on any atom is -1.00 e. The Kier molecular flexibility index (Phi) is 11.0. The molecule has 9 heteroatoms. The van der Waals surface area contributed by atoms with Gasteiger partial charge in [-0.2, -0.15) is 0 Å². The molecule has 1 amide bonds. The number of hydrogen-bond donors (Lipinski definition) is 2. The van der Waals surface area contributed by atoms with Gasteiger partial charge in [-0.05, 0) is 75.4 Å². The number of nitrogens with zero attached hydrogens (tertiary/aromatic N) is 2. The highest BCUT2D eigenvalue weighted by Gasteiger charge is 2.19. The zero-order valence-electron chi connectivity index (χ0n) is 21.8. The molecule has 0 atom stereocenters. The Hall–Kier alpha value is -2.84. The van der Waals surface area contributed by atoms with Gasteiger partial charge in [-0.1, -0.05) is 18.6 Å². The normalized spacial score (nSPS) is 13.9. The van der Waals surface area contributed by atoms with Crippen molar-refractivity contribution in [3.8, 4) is 5.88 Å². The lowest BCUT2D eigenvalue weighted by Gasteiger charge is -2.21. The highest BCUT2D eigenvalue weighted by atomic mass is 35.5. The standard InChI is InChI=1S/C28H37FN4O3.ClH/c1-3-32(4-2)17-8-18-35-27-25-19-23(30-28(34)36-24-9-6-5-7-10-24)15-16-26(25)33(31-27)20-21-11-13-22(29)14-12-21;/h11-16,19,24H,3-10,17-18,20H2,1-2H3,(H,30,34);1H. The van der Waals surface area contributed by atoms with Gasteiger partial charge in [0.2, 0.25) is 5.88 Å². The van der Waals surface area contributed by atoms with Crippen molar-refractivity contribution in [3.05, 3.63) is 53.8 Å². The zero-order valence-corrected chi connectivity index (χ0v) is 22.5. The molecule has 0 bridgehead atoms. The molecule has 0 saturated heterocycles. The van der Waals surface area contributed by atoms with Gasteiger partial charge in [0.05, 0.1) is 43.7 Å². The van der Waals surface area contributed by atoms with E-state index in [1.807, 2.05) is 22.9 Å². The SMILES string of the molecule is CC[NH+](CC)CCCOc1nn(Cc2ccc(F)cc2)c2ccc(NC(=O)OC3CCCCC3)cc12.[Cl-]. The molecule has 0 unspecified atom stereocenters. The lowest BCUT2D eigenvalue weighted by Crippen LogP contribution is -3.11. The van der Waals surface area contributed by atoms with Crippen molar-refractivity contribution in [1.82, 2.24) is 9.78 Å². The smallest absolute Gasteiger partial charge is 0.411 e. The summed E-state index contributed by atoms with van der Waals surface area (Å²) in [6.45, 7) is 8.67. The number of halogens is 2. The van der Waals surface area contributed by atoms with Crippen LogP contribution in [-0.4, -0.2) is 48.2 Å². The predicted molar refractivity (Wildman–Crippen MR) is 139 cm³/mol. The van der Waals surface area contributed by atoms with Crippen molar-refractivity contribution in [3.63, 3.8) is 0 Å². The topological polar surface area (TPSA) is 69.8 Å². The van der Waals surface area contributed by atoms with Crippen LogP contribution in [0.2, 0.25) is 0 Å². The maximum Gasteiger partial charge on any atom is 0.411 e. The molecular formula is C28H38ClFN4O3. The van der Waals surface area contributed by atoms with Crippen LogP contribution in [0.25, 0.3) is 10.9 Å². The number of rotatable bonds is 11. The zero-order chi connectivity index (χ0) is 25.3. The second-order valence-electron chi connectivity index (χ2n) is 9.52. The number of aromatic nitrogens is 2. The monoisotopic (exact) mass is 532 g/mol. The first kappa shape index (κ1) is 28.7. The average molecular weight is 533 g/mol. The van der Waals surface area contributed by atoms with Crippen LogP contribution >= 0.6 is 0 Å². The van der Waals surface area contributed by atoms with Gasteiger partial charge in [0.1, 0.15) is 11.9 Å². The number of anilines is 1. The number of fused-ring (bicyclic) bond motifs is 1. The number of amides is 1. The van der Waals surface area contributed by atoms with E-state index < -0.39 is 6.09 Å². The second kappa shape index (κ2) is 14.2. The summed E-state index contributed by atoms with van der Waals surface area (Å²) in [4.78, 5) is 14.0. The number of hydrogen-bond acceptors (Lipinski definition) is 4. The maximum atomic E-state index is 13.4. The molecule has 37 heavy (non-hydrogen) atoms. The first-order valence-electron chi connectivity index (χ1n) is 13.2. The summed E-state index contributed by atoms with van der Waals surface area (Å²) in [5.41, 5.74) is 2.47. The van der Waals surface area contributed by atoms with Crippen LogP contribution < -0.4 is 27.4 Å². The maximum absolute atomic E-state index is 13.4. The van der Waals surface area contributed by atoms with E-state index >= 15 is 0 Å². The Balaban J connectivity index is 0.00000380. The molecule has 1 heterocycles. The van der Waals surface area contributed by atoms with Crippen LogP contribution in [0.5, 0.6) is 5.88 Å². The summed E-state index contributed by atoms with van der Waals surface area (Å²) < 4.78 is 27.0. The molecule has 2 N–H and O–H groups in total. The third-order valence-corrected chi connectivity index (χ3v) is 6.95. The largest absolute Gasteiger partial charge is 1.00 e. The Morgan fingerprint density at radius 2 is 1.84 bits per heavy atom. The van der Waals surface area contributed by atoms with Crippen molar-refractivity contribution in [2.24, 2.45) is 0 Å². The Bertz CT molecular complexity index is 1130. The van der Waals surface area contributed by atoms with E-state index in [9.17, 15) is 9.18 Å². The van der Waals surface area contributed by atoms with Crippen LogP contribution in [0.4, 0.5) is 14.9 Å². The molecule has 7 nitrogen and oxygen atoms in total. The third-order valence-electron chi connectivity index (χ3n) is 6.95. The van der Waals surface area contributed by atoms with Gasteiger partial charge < -0.3 is 26.8 Å². The lowest BCUT2D eigenvalue weighted by molar-refractivity contribution is -0.896. The first-order chi connectivity index (χ1) is 17.6. The number of quaternary nitrogens is 1. The van der Waals surface area contributed by atoms with Gasteiger partial charge >= 0.3 is 6.09 Å². The molecule has 202 valence electrons. The molecule has 2 aromatic carbocycles. The van der Waals surface area contributed by atoms with Gasteiger partial charge in [0.25, 0.3) is 0 Å². The molecule has 0 radical (unpaired) electrons. The molecular weight excluding hydrogens is 495 g/mol. The fourth-order valence-electron chi connectivity index (χ4n) is 4.79. The Morgan fingerprint density at radius 1 is 1.11 bits per heavy atom. The van der Waals surface area contributed by atoms with Crippen LogP contribution in [-0.2, 0) is 11.3 Å². The van der Waals surface area contributed by atoms with Crippen molar-refractivity contribution in [1.29, 1.82) is 0 Å². The molecule has 3 aromatic rings. The summed E-state index contributed by atoms with van der Waals surface area (Å²) in [6, 6.07) is 12.1. The number of carbonyl (C=O) groups excluding carboxylic acids is 1. The van der Waals surface area contributed by atoms with Crippen LogP contribution in [0, 0.1) is 5.82 Å². The lowest BCUT2D eigenvalue weighted by atomic mass is 9.98. The van der Waals surface area contributed by atoms with E-state index in [0.29, 0.717) is 24.7 Å². The fourth-order valence-corrected chi connectivity index (χ4v) is 4.79. The molecule has 0 aliphatic heterocycles. The summed E-state index contributed by atoms with van der Waals surface area (Å²) in [5, 5.41) is 8.42. The Morgan fingerprint density at radius 3 is 2.54 bits per heavy atom. The Labute approximate surface area is 224 Å². The first-order valence-corrected chi connectivity index (χ1v) is 13.2. The van der Waals surface area contributed by atoms with Gasteiger partial charge in [-0.15, -0.1) is 5.10 Å². The highest BCUT2D eigenvalue weighted by Crippen LogP contribution is 2.29. The highest BCUT2D eigenvalue weighted by molar-refractivity contribution is 5.92. The fraction of sp³-hybridized carbons (Fsp3) is 0.500. The third kappa shape index (κ3) is 8.07. The molecule has 1 aliphatic rings. The van der Waals surface area contributed by atoms with Crippen LogP contribution in [0.3, 0.4) is 0 Å². The molecule has 1 aliphatic carbocycles. The molecule has 4 rings (SSSR count). The predicted octanol–water partition coefficient (Wildman–Crippen LogP) is 1.80. The second-order valence-corrected chi connectivity index (χ2v) is 9.52. The van der Waals surface area contributed by atoms with E-state index in [4.69, 9.17) is 14.6 Å². The molecule has 1 saturated carbocycles. The van der Waals surface area contributed by atoms with Crippen LogP contribution in [0.15, 0.2) is 42.5 Å². The number of benzene rings is 2. The van der Waals surface area contributed by atoms with E-state index in [1.54, 1.807) is 12.1 Å². The molecule has 1 aromatic heterocycles. The van der Waals surface area contributed by atoms with E-state index in [2.05, 4.69) is 19.2 Å². The van der Waals surface area contributed by atoms with E-state index in [1.165, 1.54) is 23.5 Å². The van der Waals surface area contributed by atoms with Crippen molar-refractivity contribution in [2.75, 3.05) is 31.6 Å². The quantitative estimate of drug-likeness (QED) is 0.370. The summed E-state index contributed by atoms with van der Waals surface area (Å²) in [7, 11) is 0. The summed E-state index contributed by atoms with van der Waals surface area (Å²) >= 11 is 0. The number of ether oxygens (including phenoxy) is 2. The number of nitrogens with one attached hydrogen (secondary N) is 2. The molecule has 1 fully saturated rings. The van der Waals surface area contributed by atoms with E-state index in [-0.39, 0.29) is 24.3 Å². The minimum atomic E-state index is -0.426. The van der Waals surface area contributed by atoms with Crippen molar-refractivity contribution >= 4 is 22.7 Å². The molecule has 0 spiro atoms. The van der Waals surface area contributed by atoms with Crippen molar-refractivity contribution < 1.29 is 36.0 Å². The average Bonchev–Trinajstić information content (AvgIpc) is 3.22. The van der Waals surface area contributed by atoms with Gasteiger partial charge in [-0.25, -0.2) is 9.18 Å². The number of carbonyl (C=O) groups is 1. The van der Waals surface area contributed by atoms with E-state index in [0.717, 1.165) is 68.2 Å². The minimum absolute atomic E-state index is 0. The summed E-state index contributed by atoms with van der Waals surface area (Å²) in [6.07, 6.45) is 5.76. The van der Waals surface area contributed by atoms with Crippen LogP contribution in [0.1, 0.15) is 57.9 Å². The van der Waals surface area contributed by atoms with Gasteiger partial charge in [0, 0.05) is 12.1 Å².